The highest BCUT2D eigenvalue weighted by atomic mass is 19.4. The summed E-state index contributed by atoms with van der Waals surface area (Å²) in [5, 5.41) is 17.2. The van der Waals surface area contributed by atoms with Crippen LogP contribution in [-0.2, 0) is 4.74 Å². The predicted octanol–water partition coefficient (Wildman–Crippen LogP) is 4.95. The number of anilines is 4. The first-order chi connectivity index (χ1) is 15.7. The molecule has 0 aliphatic heterocycles. The maximum Gasteiger partial charge on any atom is 0.573 e. The van der Waals surface area contributed by atoms with Gasteiger partial charge in [-0.1, -0.05) is 12.1 Å². The number of carbonyl (C=O) groups is 1. The zero-order valence-corrected chi connectivity index (χ0v) is 16.9. The lowest BCUT2D eigenvalue weighted by Gasteiger charge is -2.13. The molecule has 0 unspecified atom stereocenters. The highest BCUT2D eigenvalue weighted by Gasteiger charge is 2.31. The molecular formula is C20H16F3N5O5. The fourth-order valence-electron chi connectivity index (χ4n) is 2.72. The lowest BCUT2D eigenvalue weighted by Crippen LogP contribution is -2.17. The van der Waals surface area contributed by atoms with Crippen molar-refractivity contribution < 1.29 is 32.4 Å². The molecule has 0 saturated heterocycles. The average Bonchev–Trinajstić information content (AvgIpc) is 2.74. The lowest BCUT2D eigenvalue weighted by atomic mass is 10.2. The highest BCUT2D eigenvalue weighted by molar-refractivity contribution is 5.97. The van der Waals surface area contributed by atoms with E-state index in [-0.39, 0.29) is 35.2 Å². The summed E-state index contributed by atoms with van der Waals surface area (Å²) >= 11 is 0. The van der Waals surface area contributed by atoms with Crippen LogP contribution in [0, 0.1) is 10.1 Å². The van der Waals surface area contributed by atoms with Crippen LogP contribution in [-0.4, -0.2) is 33.8 Å². The first-order valence-electron chi connectivity index (χ1n) is 9.33. The van der Waals surface area contributed by atoms with Gasteiger partial charge >= 0.3 is 18.0 Å². The molecule has 0 saturated carbocycles. The third-order valence-corrected chi connectivity index (χ3v) is 4.03. The number of rotatable bonds is 8. The van der Waals surface area contributed by atoms with E-state index in [4.69, 9.17) is 4.74 Å². The summed E-state index contributed by atoms with van der Waals surface area (Å²) in [4.78, 5) is 31.0. The van der Waals surface area contributed by atoms with Crippen LogP contribution in [0.4, 0.5) is 41.9 Å². The Morgan fingerprint density at radius 3 is 2.30 bits per heavy atom. The Kier molecular flexibility index (Phi) is 6.91. The van der Waals surface area contributed by atoms with Gasteiger partial charge in [-0.05, 0) is 43.3 Å². The van der Waals surface area contributed by atoms with Gasteiger partial charge in [-0.2, -0.15) is 0 Å². The Balaban J connectivity index is 1.90. The second kappa shape index (κ2) is 9.80. The van der Waals surface area contributed by atoms with E-state index in [0.29, 0.717) is 0 Å². The van der Waals surface area contributed by atoms with Crippen molar-refractivity contribution in [2.45, 2.75) is 13.3 Å². The van der Waals surface area contributed by atoms with Crippen molar-refractivity contribution in [2.24, 2.45) is 0 Å². The molecule has 0 aliphatic rings. The van der Waals surface area contributed by atoms with Gasteiger partial charge in [0, 0.05) is 5.69 Å². The van der Waals surface area contributed by atoms with Crippen LogP contribution in [0.15, 0.2) is 54.9 Å². The first kappa shape index (κ1) is 23.2. The van der Waals surface area contributed by atoms with Crippen LogP contribution in [0.2, 0.25) is 0 Å². The molecular weight excluding hydrogens is 447 g/mol. The maximum absolute atomic E-state index is 12.3. The first-order valence-corrected chi connectivity index (χ1v) is 9.33. The van der Waals surface area contributed by atoms with Crippen molar-refractivity contribution in [3.8, 4) is 5.75 Å². The molecule has 0 bridgehead atoms. The number of para-hydroxylation sites is 1. The number of ether oxygens (including phenoxy) is 2. The average molecular weight is 463 g/mol. The number of aromatic nitrogens is 2. The fourth-order valence-corrected chi connectivity index (χ4v) is 2.72. The van der Waals surface area contributed by atoms with E-state index in [1.54, 1.807) is 19.1 Å². The molecule has 13 heteroatoms. The minimum Gasteiger partial charge on any atom is -0.462 e. The number of benzene rings is 2. The number of alkyl halides is 3. The molecule has 0 atom stereocenters. The summed E-state index contributed by atoms with van der Waals surface area (Å²) in [6.07, 6.45) is -3.80. The van der Waals surface area contributed by atoms with Crippen LogP contribution in [0.5, 0.6) is 5.75 Å². The Bertz CT molecular complexity index is 1160. The number of nitro groups is 1. The van der Waals surface area contributed by atoms with Crippen LogP contribution in [0.25, 0.3) is 0 Å². The molecule has 172 valence electrons. The number of esters is 1. The Morgan fingerprint density at radius 1 is 1.06 bits per heavy atom. The van der Waals surface area contributed by atoms with Crippen molar-refractivity contribution in [2.75, 3.05) is 17.2 Å². The van der Waals surface area contributed by atoms with E-state index in [0.717, 1.165) is 18.5 Å². The Hall–Kier alpha value is -4.42. The van der Waals surface area contributed by atoms with Gasteiger partial charge in [0.2, 0.25) is 11.6 Å². The molecule has 0 aliphatic carbocycles. The third-order valence-electron chi connectivity index (χ3n) is 4.03. The number of carbonyl (C=O) groups excluding carboxylic acids is 1. The number of hydrogen-bond donors (Lipinski definition) is 2. The van der Waals surface area contributed by atoms with Crippen LogP contribution < -0.4 is 15.4 Å². The maximum atomic E-state index is 12.3. The topological polar surface area (TPSA) is 129 Å². The van der Waals surface area contributed by atoms with Gasteiger partial charge in [0.1, 0.15) is 12.1 Å². The van der Waals surface area contributed by atoms with E-state index in [1.165, 1.54) is 24.3 Å². The minimum atomic E-state index is -4.85. The highest BCUT2D eigenvalue weighted by Crippen LogP contribution is 2.34. The van der Waals surface area contributed by atoms with Gasteiger partial charge in [-0.15, -0.1) is 13.2 Å². The van der Waals surface area contributed by atoms with Crippen molar-refractivity contribution in [1.82, 2.24) is 9.97 Å². The largest absolute Gasteiger partial charge is 0.573 e. The zero-order chi connectivity index (χ0) is 24.0. The lowest BCUT2D eigenvalue weighted by molar-refractivity contribution is -0.383. The summed E-state index contributed by atoms with van der Waals surface area (Å²) in [6.45, 7) is 1.78. The molecule has 2 N–H and O–H groups in total. The van der Waals surface area contributed by atoms with E-state index < -0.39 is 28.7 Å². The van der Waals surface area contributed by atoms with Gasteiger partial charge in [-0.25, -0.2) is 14.8 Å². The normalized spacial score (nSPS) is 10.9. The van der Waals surface area contributed by atoms with Gasteiger partial charge in [0.05, 0.1) is 22.8 Å². The second-order valence-electron chi connectivity index (χ2n) is 6.26. The molecule has 0 amide bonds. The third kappa shape index (κ3) is 6.06. The van der Waals surface area contributed by atoms with Crippen molar-refractivity contribution >= 4 is 34.7 Å². The SMILES string of the molecule is CCOC(=O)c1ccccc1Nc1ncnc(Nc2ccc(OC(F)(F)F)cc2)c1[N+](=O)[O-]. The standard InChI is InChI=1S/C20H16F3N5O5/c1-2-32-19(29)14-5-3-4-6-15(14)27-18-16(28(30)31)17(24-11-25-18)26-12-7-9-13(10-8-12)33-20(21,22)23/h3-11H,2H2,1H3,(H2,24,25,26,27). The fraction of sp³-hybridized carbons (Fsp3) is 0.150. The molecule has 0 radical (unpaired) electrons. The molecule has 1 aromatic heterocycles. The van der Waals surface area contributed by atoms with Gasteiger partial charge < -0.3 is 20.1 Å². The monoisotopic (exact) mass is 463 g/mol. The number of nitrogens with zero attached hydrogens (tertiary/aromatic N) is 3. The summed E-state index contributed by atoms with van der Waals surface area (Å²) in [5.74, 6) is -1.53. The van der Waals surface area contributed by atoms with E-state index >= 15 is 0 Å². The Morgan fingerprint density at radius 2 is 1.70 bits per heavy atom. The van der Waals surface area contributed by atoms with Crippen LogP contribution in [0.3, 0.4) is 0 Å². The smallest absolute Gasteiger partial charge is 0.462 e. The Labute approximate surface area is 184 Å². The molecule has 3 rings (SSSR count). The van der Waals surface area contributed by atoms with E-state index in [1.807, 2.05) is 0 Å². The number of nitrogens with one attached hydrogen (secondary N) is 2. The molecule has 33 heavy (non-hydrogen) atoms. The zero-order valence-electron chi connectivity index (χ0n) is 16.9. The van der Waals surface area contributed by atoms with Crippen molar-refractivity contribution in [3.63, 3.8) is 0 Å². The minimum absolute atomic E-state index is 0.141. The van der Waals surface area contributed by atoms with Crippen LogP contribution >= 0.6 is 0 Å². The molecule has 0 fully saturated rings. The van der Waals surface area contributed by atoms with Crippen molar-refractivity contribution in [3.05, 3.63) is 70.5 Å². The summed E-state index contributed by atoms with van der Waals surface area (Å²) in [7, 11) is 0. The molecule has 2 aromatic carbocycles. The number of hydrogen-bond acceptors (Lipinski definition) is 9. The number of halogens is 3. The van der Waals surface area contributed by atoms with E-state index in [2.05, 4.69) is 25.3 Å². The van der Waals surface area contributed by atoms with Crippen LogP contribution in [0.1, 0.15) is 17.3 Å². The predicted molar refractivity (Wildman–Crippen MR) is 111 cm³/mol. The summed E-state index contributed by atoms with van der Waals surface area (Å²) in [6, 6.07) is 10.8. The molecule has 0 spiro atoms. The molecule has 1 heterocycles. The second-order valence-corrected chi connectivity index (χ2v) is 6.26. The van der Waals surface area contributed by atoms with Gasteiger partial charge in [-0.3, -0.25) is 10.1 Å². The quantitative estimate of drug-likeness (QED) is 0.271. The van der Waals surface area contributed by atoms with Gasteiger partial charge in [0.25, 0.3) is 0 Å². The summed E-state index contributed by atoms with van der Waals surface area (Å²) < 4.78 is 45.7. The summed E-state index contributed by atoms with van der Waals surface area (Å²) in [5.41, 5.74) is 0.0235. The van der Waals surface area contributed by atoms with Gasteiger partial charge in [0.15, 0.2) is 0 Å². The van der Waals surface area contributed by atoms with E-state index in [9.17, 15) is 28.1 Å². The molecule has 10 nitrogen and oxygen atoms in total. The van der Waals surface area contributed by atoms with Crippen molar-refractivity contribution in [1.29, 1.82) is 0 Å². The molecule has 3 aromatic rings.